The zero-order valence-corrected chi connectivity index (χ0v) is 21.1. The lowest BCUT2D eigenvalue weighted by Crippen LogP contribution is -2.41. The number of aliphatic hydroxyl groups excluding tert-OH is 1. The number of hydrogen-bond donors (Lipinski definition) is 1. The van der Waals surface area contributed by atoms with Gasteiger partial charge in [0.1, 0.15) is 11.5 Å². The van der Waals surface area contributed by atoms with Gasteiger partial charge in [0.25, 0.3) is 0 Å². The molecule has 1 fully saturated rings. The second-order valence-electron chi connectivity index (χ2n) is 9.26. The van der Waals surface area contributed by atoms with Crippen LogP contribution in [0.25, 0.3) is 11.3 Å². The molecule has 4 rings (SSSR count). The minimum atomic E-state index is -0.649. The summed E-state index contributed by atoms with van der Waals surface area (Å²) in [6.45, 7) is 8.64. The first-order valence-corrected chi connectivity index (χ1v) is 12.7. The highest BCUT2D eigenvalue weighted by Gasteiger charge is 2.27. The first-order valence-electron chi connectivity index (χ1n) is 12.7. The average Bonchev–Trinajstić information content (AvgIpc) is 3.33. The summed E-state index contributed by atoms with van der Waals surface area (Å²) < 4.78 is 30.8. The van der Waals surface area contributed by atoms with Crippen LogP contribution in [0.4, 0.5) is 10.3 Å². The van der Waals surface area contributed by atoms with Crippen LogP contribution in [0.15, 0.2) is 59.1 Å². The van der Waals surface area contributed by atoms with Crippen molar-refractivity contribution in [3.05, 3.63) is 71.5 Å². The quantitative estimate of drug-likeness (QED) is 0.395. The molecule has 8 heteroatoms. The molecule has 0 spiro atoms. The Morgan fingerprint density at radius 1 is 1.11 bits per heavy atom. The molecule has 36 heavy (non-hydrogen) atoms. The van der Waals surface area contributed by atoms with Crippen LogP contribution >= 0.6 is 0 Å². The van der Waals surface area contributed by atoms with Crippen LogP contribution < -0.4 is 4.90 Å². The van der Waals surface area contributed by atoms with Crippen molar-refractivity contribution in [3.8, 4) is 11.3 Å². The molecule has 0 amide bonds. The number of halogens is 1. The van der Waals surface area contributed by atoms with Gasteiger partial charge < -0.3 is 24.0 Å². The summed E-state index contributed by atoms with van der Waals surface area (Å²) in [6, 6.07) is 16.5. The van der Waals surface area contributed by atoms with Gasteiger partial charge in [-0.05, 0) is 43.2 Å². The van der Waals surface area contributed by atoms with Gasteiger partial charge >= 0.3 is 0 Å². The number of morpholine rings is 1. The highest BCUT2D eigenvalue weighted by molar-refractivity contribution is 5.68. The summed E-state index contributed by atoms with van der Waals surface area (Å²) in [5, 5.41) is 15.2. The first-order chi connectivity index (χ1) is 17.5. The van der Waals surface area contributed by atoms with E-state index in [2.05, 4.69) is 28.8 Å². The fourth-order valence-electron chi connectivity index (χ4n) is 4.36. The monoisotopic (exact) mass is 497 g/mol. The number of nitrogens with zero attached hydrogens (tertiary/aromatic N) is 3. The smallest absolute Gasteiger partial charge is 0.232 e. The van der Waals surface area contributed by atoms with E-state index >= 15 is 0 Å². The topological polar surface area (TPSA) is 71.2 Å². The maximum Gasteiger partial charge on any atom is 0.232 e. The third-order valence-electron chi connectivity index (χ3n) is 6.63. The van der Waals surface area contributed by atoms with E-state index in [0.29, 0.717) is 57.6 Å². The predicted molar refractivity (Wildman–Crippen MR) is 137 cm³/mol. The Labute approximate surface area is 212 Å². The lowest BCUT2D eigenvalue weighted by Gasteiger charge is -2.32. The molecule has 1 saturated heterocycles. The van der Waals surface area contributed by atoms with Crippen LogP contribution in [-0.4, -0.2) is 66.8 Å². The molecule has 0 radical (unpaired) electrons. The van der Waals surface area contributed by atoms with E-state index in [1.54, 1.807) is 12.1 Å². The van der Waals surface area contributed by atoms with Gasteiger partial charge in [-0.1, -0.05) is 42.4 Å². The largest absolute Gasteiger partial charge is 0.389 e. The molecule has 2 heterocycles. The fraction of sp³-hybridized carbons (Fsp3) is 0.464. The molecule has 0 bridgehead atoms. The van der Waals surface area contributed by atoms with Crippen molar-refractivity contribution in [1.82, 2.24) is 10.1 Å². The maximum atomic E-state index is 13.6. The second-order valence-corrected chi connectivity index (χ2v) is 9.26. The summed E-state index contributed by atoms with van der Waals surface area (Å²) >= 11 is 0. The number of aliphatic hydroxyl groups is 1. The number of aromatic nitrogens is 1. The van der Waals surface area contributed by atoms with E-state index in [-0.39, 0.29) is 18.5 Å². The van der Waals surface area contributed by atoms with E-state index in [1.807, 2.05) is 30.3 Å². The maximum absolute atomic E-state index is 13.6. The van der Waals surface area contributed by atoms with Gasteiger partial charge in [-0.15, -0.1) is 0 Å². The molecule has 0 aliphatic carbocycles. The summed E-state index contributed by atoms with van der Waals surface area (Å²) in [6.07, 6.45) is 0.269. The van der Waals surface area contributed by atoms with E-state index in [4.69, 9.17) is 14.0 Å². The van der Waals surface area contributed by atoms with Crippen molar-refractivity contribution in [2.45, 2.75) is 45.6 Å². The molecule has 1 aliphatic rings. The molecular weight excluding hydrogens is 461 g/mol. The van der Waals surface area contributed by atoms with Crippen molar-refractivity contribution < 1.29 is 23.5 Å². The first kappa shape index (κ1) is 26.3. The van der Waals surface area contributed by atoms with E-state index in [0.717, 1.165) is 23.1 Å². The van der Waals surface area contributed by atoms with Crippen molar-refractivity contribution in [1.29, 1.82) is 0 Å². The van der Waals surface area contributed by atoms with E-state index in [9.17, 15) is 9.50 Å². The Kier molecular flexibility index (Phi) is 9.47. The molecule has 1 aliphatic heterocycles. The zero-order chi connectivity index (χ0) is 25.3. The molecule has 194 valence electrons. The van der Waals surface area contributed by atoms with Crippen LogP contribution in [0.5, 0.6) is 0 Å². The minimum absolute atomic E-state index is 0.210. The van der Waals surface area contributed by atoms with Crippen molar-refractivity contribution in [2.24, 2.45) is 0 Å². The fourth-order valence-corrected chi connectivity index (χ4v) is 4.36. The number of hydrogen-bond acceptors (Lipinski definition) is 7. The van der Waals surface area contributed by atoms with Gasteiger partial charge in [-0.3, -0.25) is 4.90 Å². The lowest BCUT2D eigenvalue weighted by molar-refractivity contribution is 0.00146. The molecule has 2 aromatic carbocycles. The normalized spacial score (nSPS) is 15.9. The molecule has 0 saturated carbocycles. The summed E-state index contributed by atoms with van der Waals surface area (Å²) in [4.78, 5) is 4.38. The Balaban J connectivity index is 1.52. The molecule has 3 aromatic rings. The Morgan fingerprint density at radius 2 is 1.83 bits per heavy atom. The third-order valence-corrected chi connectivity index (χ3v) is 6.63. The lowest BCUT2D eigenvalue weighted by atomic mass is 10.0. The van der Waals surface area contributed by atoms with Gasteiger partial charge in [-0.2, -0.15) is 0 Å². The van der Waals surface area contributed by atoms with Crippen LogP contribution in [-0.2, 0) is 22.6 Å². The number of benzene rings is 2. The van der Waals surface area contributed by atoms with Crippen molar-refractivity contribution in [2.75, 3.05) is 44.4 Å². The number of ether oxygens (including phenoxy) is 2. The Bertz CT molecular complexity index is 1050. The number of rotatable bonds is 12. The summed E-state index contributed by atoms with van der Waals surface area (Å²) in [5.74, 6) is 0.415. The van der Waals surface area contributed by atoms with Gasteiger partial charge in [0.05, 0.1) is 38.1 Å². The van der Waals surface area contributed by atoms with Gasteiger partial charge in [0, 0.05) is 37.8 Å². The van der Waals surface area contributed by atoms with Crippen LogP contribution in [0.2, 0.25) is 0 Å². The minimum Gasteiger partial charge on any atom is -0.389 e. The second kappa shape index (κ2) is 13.0. The van der Waals surface area contributed by atoms with Gasteiger partial charge in [0.15, 0.2) is 0 Å². The molecular formula is C28H36FN3O4. The Hall–Kier alpha value is -2.78. The van der Waals surface area contributed by atoms with E-state index < -0.39 is 6.10 Å². The molecule has 1 N–H and O–H groups in total. The zero-order valence-electron chi connectivity index (χ0n) is 21.1. The highest BCUT2D eigenvalue weighted by atomic mass is 19.1. The van der Waals surface area contributed by atoms with Gasteiger partial charge in [-0.25, -0.2) is 4.39 Å². The van der Waals surface area contributed by atoms with E-state index in [1.165, 1.54) is 12.1 Å². The summed E-state index contributed by atoms with van der Waals surface area (Å²) in [7, 11) is 0. The highest BCUT2D eigenvalue weighted by Crippen LogP contribution is 2.33. The molecule has 1 aromatic heterocycles. The third kappa shape index (κ3) is 6.91. The van der Waals surface area contributed by atoms with Crippen molar-refractivity contribution >= 4 is 5.88 Å². The molecule has 2 unspecified atom stereocenters. The number of anilines is 1. The summed E-state index contributed by atoms with van der Waals surface area (Å²) in [5.41, 5.74) is 3.50. The van der Waals surface area contributed by atoms with Crippen LogP contribution in [0.3, 0.4) is 0 Å². The molecule has 7 nitrogen and oxygen atoms in total. The standard InChI is InChI=1S/C28H36FN3O4/c1-3-21(2)32(17-25(33)20-35-19-22-7-5-4-6-8-22)18-26-27(23-9-11-24(29)12-10-23)30-36-28(26)31-13-15-34-16-14-31/h4-12,21,25,33H,3,13-20H2,1-2H3. The molecule has 2 atom stereocenters. The average molecular weight is 498 g/mol. The van der Waals surface area contributed by atoms with Crippen LogP contribution in [0, 0.1) is 5.82 Å². The Morgan fingerprint density at radius 3 is 2.53 bits per heavy atom. The van der Waals surface area contributed by atoms with Gasteiger partial charge in [0.2, 0.25) is 5.88 Å². The SMILES string of the molecule is CCC(C)N(Cc1c(-c2ccc(F)cc2)noc1N1CCOCC1)CC(O)COCc1ccccc1. The van der Waals surface area contributed by atoms with Crippen LogP contribution in [0.1, 0.15) is 31.4 Å². The van der Waals surface area contributed by atoms with Crippen molar-refractivity contribution in [3.63, 3.8) is 0 Å². The predicted octanol–water partition coefficient (Wildman–Crippen LogP) is 4.50.